The van der Waals surface area contributed by atoms with Crippen molar-refractivity contribution in [3.05, 3.63) is 66.5 Å². The van der Waals surface area contributed by atoms with Crippen LogP contribution in [0.4, 0.5) is 11.5 Å². The number of likely N-dealkylation sites (N-methyl/N-ethyl adjacent to an activating group) is 1. The standard InChI is InChI=1S/C29H35N5O3/c1-20(22-7-4-3-5-8-22)32-29-24-15-26(27(37-17-21-10-11-21)16-25(24)30-19-31-29)33-28(35)9-6-13-34(2)23-12-14-36-18-23/h3-9,15-16,19-21,23H,10-14,17-18H2,1-2H3,(H,33,35)(H,30,31,32)/t20-,23?/m1/s1. The van der Waals surface area contributed by atoms with Crippen LogP contribution in [0.1, 0.15) is 37.8 Å². The minimum atomic E-state index is -0.198. The van der Waals surface area contributed by atoms with Gasteiger partial charge in [0.1, 0.15) is 17.9 Å². The molecule has 5 rings (SSSR count). The summed E-state index contributed by atoms with van der Waals surface area (Å²) in [6.07, 6.45) is 8.42. The molecule has 2 heterocycles. The van der Waals surface area contributed by atoms with E-state index in [0.717, 1.165) is 36.1 Å². The fourth-order valence-electron chi connectivity index (χ4n) is 4.46. The van der Waals surface area contributed by atoms with Gasteiger partial charge in [-0.1, -0.05) is 36.4 Å². The zero-order valence-corrected chi connectivity index (χ0v) is 21.5. The van der Waals surface area contributed by atoms with E-state index in [1.54, 1.807) is 12.4 Å². The highest BCUT2D eigenvalue weighted by Crippen LogP contribution is 2.36. The predicted octanol–water partition coefficient (Wildman–Crippen LogP) is 4.81. The number of hydrogen-bond acceptors (Lipinski definition) is 7. The molecule has 1 aliphatic heterocycles. The molecule has 8 heteroatoms. The van der Waals surface area contributed by atoms with Crippen LogP contribution in [0.25, 0.3) is 10.9 Å². The zero-order chi connectivity index (χ0) is 25.6. The monoisotopic (exact) mass is 501 g/mol. The minimum absolute atomic E-state index is 0.0494. The van der Waals surface area contributed by atoms with Crippen molar-refractivity contribution in [2.24, 2.45) is 5.92 Å². The average Bonchev–Trinajstić information content (AvgIpc) is 3.57. The maximum absolute atomic E-state index is 12.9. The van der Waals surface area contributed by atoms with Crippen molar-refractivity contribution in [2.45, 2.75) is 38.3 Å². The van der Waals surface area contributed by atoms with Crippen LogP contribution in [0.3, 0.4) is 0 Å². The second-order valence-electron chi connectivity index (χ2n) is 9.97. The summed E-state index contributed by atoms with van der Waals surface area (Å²) in [5, 5.41) is 7.35. The third kappa shape index (κ3) is 6.64. The molecule has 2 N–H and O–H groups in total. The van der Waals surface area contributed by atoms with E-state index in [-0.39, 0.29) is 11.9 Å². The summed E-state index contributed by atoms with van der Waals surface area (Å²) in [7, 11) is 2.06. The van der Waals surface area contributed by atoms with Crippen molar-refractivity contribution >= 4 is 28.3 Å². The molecule has 2 aromatic carbocycles. The van der Waals surface area contributed by atoms with Gasteiger partial charge in [-0.2, -0.15) is 0 Å². The van der Waals surface area contributed by atoms with Crippen molar-refractivity contribution in [3.8, 4) is 5.75 Å². The van der Waals surface area contributed by atoms with Gasteiger partial charge in [0.15, 0.2) is 0 Å². The molecule has 8 nitrogen and oxygen atoms in total. The first kappa shape index (κ1) is 25.2. The summed E-state index contributed by atoms with van der Waals surface area (Å²) in [4.78, 5) is 24.1. The highest BCUT2D eigenvalue weighted by atomic mass is 16.5. The number of ether oxygens (including phenoxy) is 2. The largest absolute Gasteiger partial charge is 0.491 e. The second-order valence-corrected chi connectivity index (χ2v) is 9.97. The number of rotatable bonds is 11. The van der Waals surface area contributed by atoms with Crippen molar-refractivity contribution in [1.29, 1.82) is 0 Å². The number of benzene rings is 2. The topological polar surface area (TPSA) is 88.6 Å². The van der Waals surface area contributed by atoms with Crippen LogP contribution in [0.2, 0.25) is 0 Å². The lowest BCUT2D eigenvalue weighted by Crippen LogP contribution is -2.32. The maximum atomic E-state index is 12.9. The molecule has 0 spiro atoms. The fraction of sp³-hybridized carbons (Fsp3) is 0.414. The number of nitrogens with zero attached hydrogens (tertiary/aromatic N) is 3. The lowest BCUT2D eigenvalue weighted by molar-refractivity contribution is -0.111. The van der Waals surface area contributed by atoms with Crippen LogP contribution in [0.15, 0.2) is 60.9 Å². The second kappa shape index (κ2) is 11.7. The SMILES string of the molecule is C[C@@H](Nc1ncnc2cc(OCC3CC3)c(NC(=O)C=CCN(C)C3CCOC3)cc12)c1ccccc1. The van der Waals surface area contributed by atoms with Crippen LogP contribution in [0, 0.1) is 5.92 Å². The first-order valence-electron chi connectivity index (χ1n) is 13.1. The number of carbonyl (C=O) groups is 1. The van der Waals surface area contributed by atoms with E-state index < -0.39 is 0 Å². The number of aromatic nitrogens is 2. The highest BCUT2D eigenvalue weighted by Gasteiger charge is 2.23. The summed E-state index contributed by atoms with van der Waals surface area (Å²) in [5.74, 6) is 1.72. The van der Waals surface area contributed by atoms with Gasteiger partial charge in [-0.3, -0.25) is 9.69 Å². The Bertz CT molecular complexity index is 1240. The molecule has 194 valence electrons. The van der Waals surface area contributed by atoms with E-state index in [0.29, 0.717) is 42.4 Å². The van der Waals surface area contributed by atoms with Gasteiger partial charge >= 0.3 is 0 Å². The average molecular weight is 502 g/mol. The van der Waals surface area contributed by atoms with E-state index in [4.69, 9.17) is 9.47 Å². The molecule has 37 heavy (non-hydrogen) atoms. The van der Waals surface area contributed by atoms with E-state index >= 15 is 0 Å². The molecule has 2 fully saturated rings. The Labute approximate surface area is 218 Å². The van der Waals surface area contributed by atoms with Gasteiger partial charge in [0.25, 0.3) is 0 Å². The predicted molar refractivity (Wildman–Crippen MR) is 146 cm³/mol. The first-order valence-corrected chi connectivity index (χ1v) is 13.1. The lowest BCUT2D eigenvalue weighted by atomic mass is 10.1. The molecule has 1 aliphatic carbocycles. The molecule has 0 bridgehead atoms. The first-order chi connectivity index (χ1) is 18.1. The summed E-state index contributed by atoms with van der Waals surface area (Å²) < 4.78 is 11.6. The Morgan fingerprint density at radius 2 is 2.05 bits per heavy atom. The summed E-state index contributed by atoms with van der Waals surface area (Å²) in [6, 6.07) is 14.5. The van der Waals surface area contributed by atoms with Crippen LogP contribution in [0.5, 0.6) is 5.75 Å². The third-order valence-corrected chi connectivity index (χ3v) is 7.01. The molecule has 1 saturated carbocycles. The number of nitrogens with one attached hydrogen (secondary N) is 2. The van der Waals surface area contributed by atoms with E-state index in [9.17, 15) is 4.79 Å². The molecule has 2 aliphatic rings. The molecular weight excluding hydrogens is 466 g/mol. The van der Waals surface area contributed by atoms with Crippen molar-refractivity contribution in [2.75, 3.05) is 44.0 Å². The number of carbonyl (C=O) groups excluding carboxylic acids is 1. The van der Waals surface area contributed by atoms with E-state index in [2.05, 4.69) is 51.6 Å². The number of amides is 1. The van der Waals surface area contributed by atoms with Crippen molar-refractivity contribution in [3.63, 3.8) is 0 Å². The molecule has 1 amide bonds. The fourth-order valence-corrected chi connectivity index (χ4v) is 4.46. The van der Waals surface area contributed by atoms with Gasteiger partial charge in [0.05, 0.1) is 24.4 Å². The van der Waals surface area contributed by atoms with E-state index in [1.807, 2.05) is 36.4 Å². The van der Waals surface area contributed by atoms with Crippen LogP contribution in [-0.4, -0.2) is 60.2 Å². The van der Waals surface area contributed by atoms with Gasteiger partial charge in [-0.15, -0.1) is 0 Å². The Morgan fingerprint density at radius 3 is 2.81 bits per heavy atom. The highest BCUT2D eigenvalue weighted by molar-refractivity contribution is 6.03. The lowest BCUT2D eigenvalue weighted by Gasteiger charge is -2.20. The summed E-state index contributed by atoms with van der Waals surface area (Å²) in [5.41, 5.74) is 2.54. The van der Waals surface area contributed by atoms with Crippen LogP contribution >= 0.6 is 0 Å². The van der Waals surface area contributed by atoms with Crippen LogP contribution < -0.4 is 15.4 Å². The Hall–Kier alpha value is -3.49. The molecule has 3 aromatic rings. The Kier molecular flexibility index (Phi) is 7.96. The smallest absolute Gasteiger partial charge is 0.248 e. The molecule has 1 unspecified atom stereocenters. The zero-order valence-electron chi connectivity index (χ0n) is 21.5. The van der Waals surface area contributed by atoms with Gasteiger partial charge in [-0.05, 0) is 50.8 Å². The molecule has 1 aromatic heterocycles. The van der Waals surface area contributed by atoms with Crippen LogP contribution in [-0.2, 0) is 9.53 Å². The van der Waals surface area contributed by atoms with E-state index in [1.165, 1.54) is 12.8 Å². The molecule has 0 radical (unpaired) electrons. The maximum Gasteiger partial charge on any atom is 0.248 e. The number of anilines is 2. The van der Waals surface area contributed by atoms with Gasteiger partial charge in [0, 0.05) is 42.8 Å². The number of fused-ring (bicyclic) bond motifs is 1. The van der Waals surface area contributed by atoms with Gasteiger partial charge < -0.3 is 20.1 Å². The third-order valence-electron chi connectivity index (χ3n) is 7.01. The molecule has 2 atom stereocenters. The molecule has 1 saturated heterocycles. The Balaban J connectivity index is 1.35. The van der Waals surface area contributed by atoms with Crippen molar-refractivity contribution < 1.29 is 14.3 Å². The van der Waals surface area contributed by atoms with Crippen molar-refractivity contribution in [1.82, 2.24) is 14.9 Å². The normalized spacial score (nSPS) is 18.4. The quantitative estimate of drug-likeness (QED) is 0.365. The Morgan fingerprint density at radius 1 is 1.22 bits per heavy atom. The number of hydrogen-bond donors (Lipinski definition) is 2. The minimum Gasteiger partial charge on any atom is -0.491 e. The summed E-state index contributed by atoms with van der Waals surface area (Å²) in [6.45, 7) is 4.97. The van der Waals surface area contributed by atoms with Gasteiger partial charge in [0.2, 0.25) is 5.91 Å². The summed E-state index contributed by atoms with van der Waals surface area (Å²) >= 11 is 0. The molecular formula is C29H35N5O3. The van der Waals surface area contributed by atoms with Gasteiger partial charge in [-0.25, -0.2) is 9.97 Å².